The van der Waals surface area contributed by atoms with Crippen molar-refractivity contribution in [2.45, 2.75) is 123 Å². The smallest absolute Gasteiger partial charge is 0.319 e. The van der Waals surface area contributed by atoms with Crippen LogP contribution in [0, 0.1) is 0 Å². The molecule has 1 atom stereocenters. The quantitative estimate of drug-likeness (QED) is 0.159. The number of amides is 2. The Morgan fingerprint density at radius 1 is 0.889 bits per heavy atom. The lowest BCUT2D eigenvalue weighted by Crippen LogP contribution is -2.44. The molecular formula is C30H48N2O4. The van der Waals surface area contributed by atoms with Gasteiger partial charge in [-0.3, -0.25) is 4.79 Å². The molecule has 2 N–H and O–H groups in total. The second-order valence-electron chi connectivity index (χ2n) is 9.87. The number of ether oxygens (including phenoxy) is 2. The molecule has 36 heavy (non-hydrogen) atoms. The van der Waals surface area contributed by atoms with Crippen LogP contribution in [0.1, 0.15) is 128 Å². The number of allylic oxidation sites excluding steroid dienone is 1. The Bertz CT molecular complexity index is 849. The third-order valence-electron chi connectivity index (χ3n) is 6.94. The summed E-state index contributed by atoms with van der Waals surface area (Å²) in [5, 5.41) is 5.66. The molecule has 1 aliphatic rings. The van der Waals surface area contributed by atoms with Crippen molar-refractivity contribution < 1.29 is 19.1 Å². The molecule has 6 nitrogen and oxygen atoms in total. The summed E-state index contributed by atoms with van der Waals surface area (Å²) in [5.41, 5.74) is 2.53. The summed E-state index contributed by atoms with van der Waals surface area (Å²) >= 11 is 0. The van der Waals surface area contributed by atoms with Gasteiger partial charge in [0.1, 0.15) is 11.8 Å². The van der Waals surface area contributed by atoms with Crippen molar-refractivity contribution in [1.29, 1.82) is 0 Å². The van der Waals surface area contributed by atoms with Crippen molar-refractivity contribution in [2.75, 3.05) is 7.11 Å². The van der Waals surface area contributed by atoms with Crippen LogP contribution in [0.2, 0.25) is 0 Å². The first-order chi connectivity index (χ1) is 17.5. The van der Waals surface area contributed by atoms with Gasteiger partial charge in [-0.05, 0) is 31.4 Å². The van der Waals surface area contributed by atoms with Crippen molar-refractivity contribution in [1.82, 2.24) is 10.6 Å². The Morgan fingerprint density at radius 2 is 1.47 bits per heavy atom. The van der Waals surface area contributed by atoms with Crippen molar-refractivity contribution in [2.24, 2.45) is 0 Å². The predicted molar refractivity (Wildman–Crippen MR) is 146 cm³/mol. The fourth-order valence-electron chi connectivity index (χ4n) is 4.86. The molecule has 0 saturated carbocycles. The van der Waals surface area contributed by atoms with Gasteiger partial charge in [0, 0.05) is 12.0 Å². The van der Waals surface area contributed by atoms with E-state index in [9.17, 15) is 9.59 Å². The third kappa shape index (κ3) is 9.87. The van der Waals surface area contributed by atoms with E-state index < -0.39 is 6.04 Å². The molecule has 2 amide bonds. The van der Waals surface area contributed by atoms with Gasteiger partial charge in [-0.15, -0.1) is 0 Å². The number of hydrogen-bond acceptors (Lipinski definition) is 4. The van der Waals surface area contributed by atoms with Crippen LogP contribution in [0.15, 0.2) is 29.7 Å². The molecule has 0 aliphatic carbocycles. The minimum absolute atomic E-state index is 0.259. The first-order valence-corrected chi connectivity index (χ1v) is 14.2. The van der Waals surface area contributed by atoms with Crippen molar-refractivity contribution in [3.05, 3.63) is 40.8 Å². The van der Waals surface area contributed by atoms with Crippen molar-refractivity contribution >= 4 is 12.0 Å². The van der Waals surface area contributed by atoms with E-state index in [2.05, 4.69) is 23.6 Å². The lowest BCUT2D eigenvalue weighted by Gasteiger charge is -2.30. The summed E-state index contributed by atoms with van der Waals surface area (Å²) in [6, 6.07) is 5.08. The van der Waals surface area contributed by atoms with E-state index in [1.807, 2.05) is 12.1 Å². The molecule has 0 aromatic heterocycles. The van der Waals surface area contributed by atoms with Gasteiger partial charge in [-0.2, -0.15) is 0 Å². The molecule has 1 unspecified atom stereocenters. The largest absolute Gasteiger partial charge is 0.496 e. The molecule has 6 heteroatoms. The Hall–Kier alpha value is -2.50. The fraction of sp³-hybridized carbons (Fsp3) is 0.667. The molecule has 0 bridgehead atoms. The van der Waals surface area contributed by atoms with Crippen molar-refractivity contribution in [3.8, 4) is 5.75 Å². The van der Waals surface area contributed by atoms with Gasteiger partial charge in [0.05, 0.1) is 12.8 Å². The van der Waals surface area contributed by atoms with E-state index >= 15 is 0 Å². The van der Waals surface area contributed by atoms with Crippen LogP contribution in [0.4, 0.5) is 4.79 Å². The van der Waals surface area contributed by atoms with E-state index in [1.54, 1.807) is 21.0 Å². The molecule has 1 aromatic rings. The first-order valence-electron chi connectivity index (χ1n) is 14.2. The Labute approximate surface area is 218 Å². The Balaban J connectivity index is 1.88. The molecule has 202 valence electrons. The second-order valence-corrected chi connectivity index (χ2v) is 9.87. The van der Waals surface area contributed by atoms with Crippen LogP contribution in [0.25, 0.3) is 0 Å². The van der Waals surface area contributed by atoms with E-state index in [0.29, 0.717) is 17.2 Å². The van der Waals surface area contributed by atoms with E-state index in [-0.39, 0.29) is 18.4 Å². The normalized spacial score (nSPS) is 15.4. The molecule has 1 aliphatic heterocycles. The number of nitrogens with one attached hydrogen (secondary N) is 2. The molecule has 0 saturated heterocycles. The molecule has 0 radical (unpaired) electrons. The number of hydrogen-bond donors (Lipinski definition) is 2. The summed E-state index contributed by atoms with van der Waals surface area (Å²) in [6.07, 6.45) is 18.3. The molecule has 0 spiro atoms. The number of aryl methyl sites for hydroxylation is 1. The number of urea groups is 1. The SMILES string of the molecule is CCCCCCCCCCCCCCCc1cccc(OC)c1C1NC(=O)NC(C)=C1OC(=O)CC. The average molecular weight is 501 g/mol. The zero-order chi connectivity index (χ0) is 26.2. The maximum absolute atomic E-state index is 12.3. The highest BCUT2D eigenvalue weighted by Crippen LogP contribution is 2.37. The summed E-state index contributed by atoms with van der Waals surface area (Å²) in [6.45, 7) is 5.78. The zero-order valence-electron chi connectivity index (χ0n) is 23.0. The fourth-order valence-corrected chi connectivity index (χ4v) is 4.86. The third-order valence-corrected chi connectivity index (χ3v) is 6.94. The Kier molecular flexibility index (Phi) is 14.1. The molecule has 1 heterocycles. The number of carbonyl (C=O) groups is 2. The highest BCUT2D eigenvalue weighted by atomic mass is 16.5. The van der Waals surface area contributed by atoms with Crippen LogP contribution in [-0.2, 0) is 16.0 Å². The minimum Gasteiger partial charge on any atom is -0.496 e. The number of methoxy groups -OCH3 is 1. The van der Waals surface area contributed by atoms with E-state index in [1.165, 1.54) is 77.0 Å². The molecule has 0 fully saturated rings. The van der Waals surface area contributed by atoms with E-state index in [0.717, 1.165) is 24.0 Å². The van der Waals surface area contributed by atoms with Gasteiger partial charge in [-0.1, -0.05) is 103 Å². The number of benzene rings is 1. The van der Waals surface area contributed by atoms with Gasteiger partial charge in [-0.25, -0.2) is 4.79 Å². The van der Waals surface area contributed by atoms with Crippen LogP contribution in [0.3, 0.4) is 0 Å². The number of carbonyl (C=O) groups excluding carboxylic acids is 2. The van der Waals surface area contributed by atoms with Crippen LogP contribution < -0.4 is 15.4 Å². The first kappa shape index (κ1) is 29.7. The standard InChI is InChI=1S/C30H48N2O4/c1-5-7-8-9-10-11-12-13-14-15-16-17-18-20-24-21-19-22-25(35-4)27(24)28-29(36-26(33)6-2)23(3)31-30(34)32-28/h19,21-22,28H,5-18,20H2,1-4H3,(H2,31,32,34). The molecule has 2 rings (SSSR count). The lowest BCUT2D eigenvalue weighted by molar-refractivity contribution is -0.139. The molecular weight excluding hydrogens is 452 g/mol. The Morgan fingerprint density at radius 3 is 2.03 bits per heavy atom. The van der Waals surface area contributed by atoms with Crippen LogP contribution in [0.5, 0.6) is 5.75 Å². The maximum atomic E-state index is 12.3. The van der Waals surface area contributed by atoms with Gasteiger partial charge in [0.25, 0.3) is 0 Å². The average Bonchev–Trinajstić information content (AvgIpc) is 2.87. The topological polar surface area (TPSA) is 76.7 Å². The zero-order valence-corrected chi connectivity index (χ0v) is 23.0. The van der Waals surface area contributed by atoms with E-state index in [4.69, 9.17) is 9.47 Å². The highest BCUT2D eigenvalue weighted by molar-refractivity contribution is 5.80. The van der Waals surface area contributed by atoms with Gasteiger partial charge in [0.2, 0.25) is 0 Å². The monoisotopic (exact) mass is 500 g/mol. The van der Waals surface area contributed by atoms with Gasteiger partial charge in [0.15, 0.2) is 5.76 Å². The summed E-state index contributed by atoms with van der Waals surface area (Å²) < 4.78 is 11.3. The summed E-state index contributed by atoms with van der Waals surface area (Å²) in [4.78, 5) is 24.4. The lowest BCUT2D eigenvalue weighted by atomic mass is 9.92. The van der Waals surface area contributed by atoms with Crippen LogP contribution in [-0.4, -0.2) is 19.1 Å². The highest BCUT2D eigenvalue weighted by Gasteiger charge is 2.33. The molecule has 1 aromatic carbocycles. The number of unbranched alkanes of at least 4 members (excludes halogenated alkanes) is 12. The summed E-state index contributed by atoms with van der Waals surface area (Å²) in [7, 11) is 1.63. The van der Waals surface area contributed by atoms with Crippen molar-refractivity contribution in [3.63, 3.8) is 0 Å². The summed E-state index contributed by atoms with van der Waals surface area (Å²) in [5.74, 6) is 0.782. The minimum atomic E-state index is -0.567. The number of rotatable bonds is 18. The second kappa shape index (κ2) is 17.0. The predicted octanol–water partition coefficient (Wildman–Crippen LogP) is 7.87. The number of esters is 1. The van der Waals surface area contributed by atoms with Gasteiger partial charge >= 0.3 is 12.0 Å². The maximum Gasteiger partial charge on any atom is 0.319 e. The van der Waals surface area contributed by atoms with Gasteiger partial charge < -0.3 is 20.1 Å². The van der Waals surface area contributed by atoms with Crippen LogP contribution >= 0.6 is 0 Å².